The average molecular weight is 592 g/mol. The normalized spacial score (nSPS) is 11.3. The highest BCUT2D eigenvalue weighted by Gasteiger charge is 2.08. The molecule has 6 rings (SSSR count). The number of aliphatic imine (C=N–C) groups is 1. The summed E-state index contributed by atoms with van der Waals surface area (Å²) in [7, 11) is 0. The molecule has 0 aromatic heterocycles. The summed E-state index contributed by atoms with van der Waals surface area (Å²) in [6.45, 7) is 4.08. The van der Waals surface area contributed by atoms with E-state index in [1.807, 2.05) is 104 Å². The summed E-state index contributed by atoms with van der Waals surface area (Å²) in [5, 5.41) is 32.4. The number of nitrogens with zero attached hydrogens (tertiary/aromatic N) is 5. The molecule has 0 aliphatic rings. The minimum Gasteiger partial charge on any atom is -0.507 e. The molecule has 0 atom stereocenters. The van der Waals surface area contributed by atoms with Crippen LogP contribution < -0.4 is 0 Å². The fourth-order valence-corrected chi connectivity index (χ4v) is 4.83. The van der Waals surface area contributed by atoms with Gasteiger partial charge < -0.3 is 5.11 Å². The number of rotatable bonds is 7. The molecule has 0 saturated heterocycles. The van der Waals surface area contributed by atoms with Gasteiger partial charge in [-0.25, -0.2) is 0 Å². The molecule has 0 heterocycles. The van der Waals surface area contributed by atoms with Crippen LogP contribution in [0.3, 0.4) is 0 Å². The lowest BCUT2D eigenvalue weighted by Gasteiger charge is -2.07. The van der Waals surface area contributed by atoms with E-state index in [2.05, 4.69) is 44.5 Å². The zero-order chi connectivity index (χ0) is 31.6. The van der Waals surface area contributed by atoms with Crippen molar-refractivity contribution in [2.75, 3.05) is 0 Å². The molecule has 0 unspecified atom stereocenters. The van der Waals surface area contributed by atoms with Gasteiger partial charge in [0.2, 0.25) is 0 Å². The smallest absolute Gasteiger partial charge is 0.373 e. The maximum absolute atomic E-state index is 10.3. The summed E-state index contributed by atoms with van der Waals surface area (Å²) in [5.41, 5.74) is 6.79. The summed E-state index contributed by atoms with van der Waals surface area (Å²) < 4.78 is 0. The molecule has 0 fully saturated rings. The standard InChI is InChI=1S/C36H29N5O.CO2/c1-3-25-13-16-27(17-14-25)38-39-33-20-21-35(31-11-7-6-10-30(31)33)41-40-34-19-18-32(28-8-4-5-9-29(28)34)37-23-26-15-12-24(2)22-36(26)42;2-1-3/h4-23,42H,3H2,1-2H3;. The third kappa shape index (κ3) is 7.28. The summed E-state index contributed by atoms with van der Waals surface area (Å²) in [6, 6.07) is 37.4. The van der Waals surface area contributed by atoms with Gasteiger partial charge in [0.05, 0.1) is 28.4 Å². The van der Waals surface area contributed by atoms with E-state index < -0.39 is 0 Å². The van der Waals surface area contributed by atoms with E-state index >= 15 is 0 Å². The minimum atomic E-state index is 0.207. The Labute approximate surface area is 260 Å². The summed E-state index contributed by atoms with van der Waals surface area (Å²) in [6.07, 6.45) is 2.92. The van der Waals surface area contributed by atoms with Gasteiger partial charge in [-0.2, -0.15) is 14.7 Å². The number of hydrogen-bond acceptors (Lipinski definition) is 8. The maximum atomic E-state index is 10.3. The van der Waals surface area contributed by atoms with Gasteiger partial charge >= 0.3 is 6.15 Å². The Morgan fingerprint density at radius 2 is 1.09 bits per heavy atom. The van der Waals surface area contributed by atoms with E-state index in [-0.39, 0.29) is 11.9 Å². The SMILES string of the molecule is CCc1ccc(N=Nc2ccc(N=Nc3ccc(N=Cc4ccc(C)cc4O)c4ccccc34)c3ccccc23)cc1.O=C=O. The number of aryl methyl sites for hydroxylation is 2. The van der Waals surface area contributed by atoms with Gasteiger partial charge in [-0.05, 0) is 73.0 Å². The molecule has 6 aromatic rings. The summed E-state index contributed by atoms with van der Waals surface area (Å²) >= 11 is 0. The quantitative estimate of drug-likeness (QED) is 0.147. The van der Waals surface area contributed by atoms with Gasteiger partial charge in [-0.15, -0.1) is 15.3 Å². The largest absolute Gasteiger partial charge is 0.507 e. The van der Waals surface area contributed by atoms with E-state index in [0.29, 0.717) is 5.56 Å². The molecule has 220 valence electrons. The van der Waals surface area contributed by atoms with Crippen molar-refractivity contribution in [2.24, 2.45) is 25.4 Å². The lowest BCUT2D eigenvalue weighted by Crippen LogP contribution is -1.84. The minimum absolute atomic E-state index is 0.207. The number of phenolic OH excluding ortho intramolecular Hbond substituents is 1. The zero-order valence-corrected chi connectivity index (χ0v) is 24.8. The van der Waals surface area contributed by atoms with Crippen LogP contribution in [0.4, 0.5) is 28.4 Å². The van der Waals surface area contributed by atoms with Crippen molar-refractivity contribution in [2.45, 2.75) is 20.3 Å². The van der Waals surface area contributed by atoms with Crippen LogP contribution in [0.25, 0.3) is 21.5 Å². The predicted octanol–water partition coefficient (Wildman–Crippen LogP) is 10.6. The topological polar surface area (TPSA) is 116 Å². The van der Waals surface area contributed by atoms with Crippen molar-refractivity contribution in [3.8, 4) is 5.75 Å². The number of aromatic hydroxyl groups is 1. The predicted molar refractivity (Wildman–Crippen MR) is 177 cm³/mol. The van der Waals surface area contributed by atoms with Crippen LogP contribution in [-0.4, -0.2) is 17.5 Å². The number of fused-ring (bicyclic) bond motifs is 2. The van der Waals surface area contributed by atoms with Crippen molar-refractivity contribution >= 4 is 62.3 Å². The molecule has 0 amide bonds. The van der Waals surface area contributed by atoms with Crippen molar-refractivity contribution < 1.29 is 14.7 Å². The Morgan fingerprint density at radius 1 is 0.622 bits per heavy atom. The van der Waals surface area contributed by atoms with Gasteiger partial charge in [-0.1, -0.05) is 73.7 Å². The molecule has 0 saturated carbocycles. The number of azo groups is 2. The van der Waals surface area contributed by atoms with Crippen molar-refractivity contribution in [3.05, 3.63) is 132 Å². The molecule has 0 aliphatic heterocycles. The van der Waals surface area contributed by atoms with Crippen molar-refractivity contribution in [1.29, 1.82) is 0 Å². The van der Waals surface area contributed by atoms with Crippen LogP contribution in [0.2, 0.25) is 0 Å². The lowest BCUT2D eigenvalue weighted by atomic mass is 10.1. The molecule has 8 nitrogen and oxygen atoms in total. The third-order valence-electron chi connectivity index (χ3n) is 7.17. The van der Waals surface area contributed by atoms with Crippen LogP contribution in [0.1, 0.15) is 23.6 Å². The van der Waals surface area contributed by atoms with Crippen LogP contribution in [0.15, 0.2) is 141 Å². The fourth-order valence-electron chi connectivity index (χ4n) is 4.83. The van der Waals surface area contributed by atoms with Gasteiger partial charge in [0.15, 0.2) is 0 Å². The number of benzene rings is 6. The van der Waals surface area contributed by atoms with Gasteiger partial charge in [0, 0.05) is 33.3 Å². The number of carbonyl (C=O) groups excluding carboxylic acids is 2. The molecule has 45 heavy (non-hydrogen) atoms. The van der Waals surface area contributed by atoms with E-state index in [1.165, 1.54) is 5.56 Å². The first-order valence-electron chi connectivity index (χ1n) is 14.3. The molecule has 0 spiro atoms. The highest BCUT2D eigenvalue weighted by molar-refractivity contribution is 6.02. The van der Waals surface area contributed by atoms with Crippen LogP contribution >= 0.6 is 0 Å². The Bertz CT molecular complexity index is 2090. The van der Waals surface area contributed by atoms with Crippen LogP contribution in [-0.2, 0) is 16.0 Å². The van der Waals surface area contributed by atoms with Gasteiger partial charge in [0.1, 0.15) is 5.75 Å². The highest BCUT2D eigenvalue weighted by atomic mass is 16.3. The second-order valence-electron chi connectivity index (χ2n) is 10.1. The first-order valence-corrected chi connectivity index (χ1v) is 14.3. The molecule has 1 N–H and O–H groups in total. The molecular weight excluding hydrogens is 562 g/mol. The van der Waals surface area contributed by atoms with Crippen LogP contribution in [0, 0.1) is 6.92 Å². The second kappa shape index (κ2) is 14.4. The third-order valence-corrected chi connectivity index (χ3v) is 7.17. The first kappa shape index (κ1) is 30.4. The summed E-state index contributed by atoms with van der Waals surface area (Å²) in [4.78, 5) is 20.9. The molecule has 0 bridgehead atoms. The monoisotopic (exact) mass is 591 g/mol. The maximum Gasteiger partial charge on any atom is 0.373 e. The molecular formula is C37H29N5O3. The number of phenols is 1. The van der Waals surface area contributed by atoms with Gasteiger partial charge in [0.25, 0.3) is 0 Å². The van der Waals surface area contributed by atoms with E-state index in [4.69, 9.17) is 9.59 Å². The molecule has 0 aliphatic carbocycles. The van der Waals surface area contributed by atoms with E-state index in [1.54, 1.807) is 12.3 Å². The van der Waals surface area contributed by atoms with E-state index in [9.17, 15) is 5.11 Å². The van der Waals surface area contributed by atoms with Crippen LogP contribution in [0.5, 0.6) is 5.75 Å². The van der Waals surface area contributed by atoms with Gasteiger partial charge in [-0.3, -0.25) is 4.99 Å². The molecule has 6 aromatic carbocycles. The second-order valence-corrected chi connectivity index (χ2v) is 10.1. The summed E-state index contributed by atoms with van der Waals surface area (Å²) in [5.74, 6) is 0.207. The first-order chi connectivity index (χ1) is 22.0. The Kier molecular flexibility index (Phi) is 9.70. The Hall–Kier alpha value is -6.11. The van der Waals surface area contributed by atoms with E-state index in [0.717, 1.165) is 62.0 Å². The zero-order valence-electron chi connectivity index (χ0n) is 24.8. The van der Waals surface area contributed by atoms with Crippen molar-refractivity contribution in [1.82, 2.24) is 0 Å². The molecule has 0 radical (unpaired) electrons. The fraction of sp³-hybridized carbons (Fsp3) is 0.0811. The van der Waals surface area contributed by atoms with Crippen molar-refractivity contribution in [3.63, 3.8) is 0 Å². The molecule has 8 heteroatoms. The average Bonchev–Trinajstić information content (AvgIpc) is 3.07. The highest BCUT2D eigenvalue weighted by Crippen LogP contribution is 2.38. The number of hydrogen-bond donors (Lipinski definition) is 1. The lowest BCUT2D eigenvalue weighted by molar-refractivity contribution is -0.191. The Morgan fingerprint density at radius 3 is 1.58 bits per heavy atom. The Balaban J connectivity index is 0.00000128.